The summed E-state index contributed by atoms with van der Waals surface area (Å²) in [5.74, 6) is -0.444. The van der Waals surface area contributed by atoms with Crippen molar-refractivity contribution in [3.05, 3.63) is 23.8 Å². The van der Waals surface area contributed by atoms with Crippen molar-refractivity contribution in [3.63, 3.8) is 0 Å². The van der Waals surface area contributed by atoms with Crippen LogP contribution in [-0.2, 0) is 14.2 Å². The maximum absolute atomic E-state index is 11.7. The van der Waals surface area contributed by atoms with Gasteiger partial charge in [0.15, 0.2) is 0 Å². The smallest absolute Gasteiger partial charge is 0.340 e. The van der Waals surface area contributed by atoms with E-state index < -0.39 is 5.97 Å². The summed E-state index contributed by atoms with van der Waals surface area (Å²) < 4.78 is 15.1. The van der Waals surface area contributed by atoms with Crippen LogP contribution >= 0.6 is 0 Å². The number of hydrogen-bond donors (Lipinski definition) is 1. The molecule has 6 nitrogen and oxygen atoms in total. The Kier molecular flexibility index (Phi) is 6.98. The van der Waals surface area contributed by atoms with E-state index in [0.717, 1.165) is 5.69 Å². The van der Waals surface area contributed by atoms with Crippen LogP contribution in [0.2, 0.25) is 0 Å². The van der Waals surface area contributed by atoms with Gasteiger partial charge in [-0.05, 0) is 19.1 Å². The molecule has 2 N–H and O–H groups in total. The van der Waals surface area contributed by atoms with Gasteiger partial charge in [-0.1, -0.05) is 6.07 Å². The average Bonchev–Trinajstić information content (AvgIpc) is 2.48. The van der Waals surface area contributed by atoms with Crippen molar-refractivity contribution in [2.24, 2.45) is 0 Å². The van der Waals surface area contributed by atoms with Crippen molar-refractivity contribution < 1.29 is 19.0 Å². The Bertz CT molecular complexity index is 465. The predicted octanol–water partition coefficient (Wildman–Crippen LogP) is 1.54. The Balaban J connectivity index is 3.14. The highest BCUT2D eigenvalue weighted by Gasteiger charge is 2.20. The molecule has 1 aromatic rings. The molecule has 0 aliphatic heterocycles. The molecular formula is C15H24N2O4. The number of carbonyl (C=O) groups excluding carboxylic acids is 1. The summed E-state index contributed by atoms with van der Waals surface area (Å²) in [7, 11) is 4.64. The van der Waals surface area contributed by atoms with Gasteiger partial charge in [-0.15, -0.1) is 0 Å². The third-order valence-corrected chi connectivity index (χ3v) is 3.27. The second kappa shape index (κ2) is 8.49. The molecule has 21 heavy (non-hydrogen) atoms. The molecule has 0 aromatic heterocycles. The Morgan fingerprint density at radius 1 is 1.29 bits per heavy atom. The molecule has 0 aliphatic rings. The molecule has 0 saturated carbocycles. The third-order valence-electron chi connectivity index (χ3n) is 3.27. The van der Waals surface area contributed by atoms with Crippen LogP contribution in [-0.4, -0.2) is 53.1 Å². The van der Waals surface area contributed by atoms with Crippen LogP contribution in [0.3, 0.4) is 0 Å². The van der Waals surface area contributed by atoms with Gasteiger partial charge in [-0.3, -0.25) is 0 Å². The first kappa shape index (κ1) is 17.3. The van der Waals surface area contributed by atoms with E-state index in [2.05, 4.69) is 4.90 Å². The second-order valence-electron chi connectivity index (χ2n) is 4.72. The number of nitrogens with zero attached hydrogens (tertiary/aromatic N) is 1. The Hall–Kier alpha value is -1.79. The van der Waals surface area contributed by atoms with Crippen LogP contribution in [0.15, 0.2) is 18.2 Å². The minimum absolute atomic E-state index is 0.0975. The molecule has 0 bridgehead atoms. The number of para-hydroxylation sites is 1. The summed E-state index contributed by atoms with van der Waals surface area (Å²) >= 11 is 0. The molecule has 118 valence electrons. The van der Waals surface area contributed by atoms with Crippen LogP contribution in [0.5, 0.6) is 0 Å². The van der Waals surface area contributed by atoms with Crippen LogP contribution in [0, 0.1) is 0 Å². The number of rotatable bonds is 8. The monoisotopic (exact) mass is 296 g/mol. The first-order chi connectivity index (χ1) is 10.1. The summed E-state index contributed by atoms with van der Waals surface area (Å²) in [5, 5.41) is 0. The van der Waals surface area contributed by atoms with Crippen molar-refractivity contribution in [1.29, 1.82) is 0 Å². The number of nitrogens with two attached hydrogens (primary N) is 1. The van der Waals surface area contributed by atoms with E-state index in [1.54, 1.807) is 26.4 Å². The van der Waals surface area contributed by atoms with Gasteiger partial charge in [-0.2, -0.15) is 0 Å². The van der Waals surface area contributed by atoms with Crippen molar-refractivity contribution in [1.82, 2.24) is 0 Å². The zero-order chi connectivity index (χ0) is 15.8. The maximum Gasteiger partial charge on any atom is 0.340 e. The predicted molar refractivity (Wildman–Crippen MR) is 82.8 cm³/mol. The zero-order valence-corrected chi connectivity index (χ0v) is 13.1. The van der Waals surface area contributed by atoms with Crippen molar-refractivity contribution in [2.45, 2.75) is 13.0 Å². The molecule has 0 radical (unpaired) electrons. The molecule has 1 atom stereocenters. The zero-order valence-electron chi connectivity index (χ0n) is 13.1. The number of nitrogen functional groups attached to an aromatic ring is 1. The average molecular weight is 296 g/mol. The van der Waals surface area contributed by atoms with E-state index in [9.17, 15) is 4.79 Å². The fourth-order valence-corrected chi connectivity index (χ4v) is 2.19. The maximum atomic E-state index is 11.7. The highest BCUT2D eigenvalue weighted by Crippen LogP contribution is 2.28. The fraction of sp³-hybridized carbons (Fsp3) is 0.533. The van der Waals surface area contributed by atoms with Crippen molar-refractivity contribution >= 4 is 17.3 Å². The Morgan fingerprint density at radius 3 is 2.57 bits per heavy atom. The molecule has 1 unspecified atom stereocenters. The van der Waals surface area contributed by atoms with Crippen molar-refractivity contribution in [2.75, 3.05) is 51.7 Å². The highest BCUT2D eigenvalue weighted by atomic mass is 16.5. The molecule has 0 fully saturated rings. The fourth-order valence-electron chi connectivity index (χ4n) is 2.19. The number of carbonyl (C=O) groups is 1. The first-order valence-electron chi connectivity index (χ1n) is 6.78. The van der Waals surface area contributed by atoms with Gasteiger partial charge in [0.2, 0.25) is 0 Å². The number of esters is 1. The summed E-state index contributed by atoms with van der Waals surface area (Å²) in [5.41, 5.74) is 7.69. The highest BCUT2D eigenvalue weighted by molar-refractivity contribution is 5.98. The van der Waals surface area contributed by atoms with Gasteiger partial charge in [0.05, 0.1) is 37.3 Å². The molecular weight excluding hydrogens is 272 g/mol. The quantitative estimate of drug-likeness (QED) is 0.579. The van der Waals surface area contributed by atoms with Gasteiger partial charge < -0.3 is 24.8 Å². The lowest BCUT2D eigenvalue weighted by molar-refractivity contribution is 0.0602. The lowest BCUT2D eigenvalue weighted by Crippen LogP contribution is -2.39. The van der Waals surface area contributed by atoms with Crippen LogP contribution in [0.1, 0.15) is 17.3 Å². The number of anilines is 2. The van der Waals surface area contributed by atoms with E-state index in [4.69, 9.17) is 19.9 Å². The summed E-state index contributed by atoms with van der Waals surface area (Å²) in [6.45, 7) is 3.78. The number of methoxy groups -OCH3 is 3. The Morgan fingerprint density at radius 2 is 2.00 bits per heavy atom. The van der Waals surface area contributed by atoms with Crippen LogP contribution in [0.4, 0.5) is 11.4 Å². The SMILES string of the molecule is COCCN(c1cccc(C(=O)OC)c1N)C(C)COC. The molecule has 1 rings (SSSR count). The number of benzene rings is 1. The minimum Gasteiger partial charge on any atom is -0.465 e. The lowest BCUT2D eigenvalue weighted by Gasteiger charge is -2.32. The topological polar surface area (TPSA) is 74.0 Å². The minimum atomic E-state index is -0.444. The van der Waals surface area contributed by atoms with Gasteiger partial charge in [0.25, 0.3) is 0 Å². The molecule has 1 aromatic carbocycles. The third kappa shape index (κ3) is 4.34. The van der Waals surface area contributed by atoms with E-state index in [0.29, 0.717) is 31.0 Å². The summed E-state index contributed by atoms with van der Waals surface area (Å²) in [4.78, 5) is 13.8. The van der Waals surface area contributed by atoms with Gasteiger partial charge in [-0.25, -0.2) is 4.79 Å². The van der Waals surface area contributed by atoms with E-state index in [1.165, 1.54) is 7.11 Å². The molecule has 0 aliphatic carbocycles. The van der Waals surface area contributed by atoms with Crippen LogP contribution < -0.4 is 10.6 Å². The molecule has 0 spiro atoms. The number of hydrogen-bond acceptors (Lipinski definition) is 6. The number of ether oxygens (including phenoxy) is 3. The van der Waals surface area contributed by atoms with Crippen LogP contribution in [0.25, 0.3) is 0 Å². The van der Waals surface area contributed by atoms with Gasteiger partial charge in [0, 0.05) is 26.8 Å². The summed E-state index contributed by atoms with van der Waals surface area (Å²) in [6.07, 6.45) is 0. The standard InChI is InChI=1S/C15H24N2O4/c1-11(10-20-3)17(8-9-19-2)13-7-5-6-12(14(13)16)15(18)21-4/h5-7,11H,8-10,16H2,1-4H3. The molecule has 0 amide bonds. The van der Waals surface area contributed by atoms with Crippen molar-refractivity contribution in [3.8, 4) is 0 Å². The van der Waals surface area contributed by atoms with E-state index in [1.807, 2.05) is 13.0 Å². The largest absolute Gasteiger partial charge is 0.465 e. The second-order valence-corrected chi connectivity index (χ2v) is 4.72. The first-order valence-corrected chi connectivity index (χ1v) is 6.78. The van der Waals surface area contributed by atoms with E-state index >= 15 is 0 Å². The lowest BCUT2D eigenvalue weighted by atomic mass is 10.1. The van der Waals surface area contributed by atoms with Gasteiger partial charge in [0.1, 0.15) is 0 Å². The molecule has 0 saturated heterocycles. The molecule has 6 heteroatoms. The van der Waals surface area contributed by atoms with E-state index in [-0.39, 0.29) is 6.04 Å². The van der Waals surface area contributed by atoms with Gasteiger partial charge >= 0.3 is 5.97 Å². The Labute approximate surface area is 125 Å². The normalized spacial score (nSPS) is 12.0. The summed E-state index contributed by atoms with van der Waals surface area (Å²) in [6, 6.07) is 5.42. The molecule has 0 heterocycles.